The van der Waals surface area contributed by atoms with E-state index in [1.54, 1.807) is 43.3 Å². The number of ether oxygens (including phenoxy) is 2. The number of benzene rings is 1. The molecule has 0 fully saturated rings. The number of carbonyl (C=O) groups excluding carboxylic acids is 2. The number of pyridine rings is 1. The Morgan fingerprint density at radius 2 is 2.00 bits per heavy atom. The summed E-state index contributed by atoms with van der Waals surface area (Å²) in [5.74, 6) is -1.15. The lowest BCUT2D eigenvalue weighted by Gasteiger charge is -2.05. The smallest absolute Gasteiger partial charge is 0.374 e. The van der Waals surface area contributed by atoms with Gasteiger partial charge in [0.1, 0.15) is 17.9 Å². The number of hydrogen-bond donors (Lipinski definition) is 0. The maximum Gasteiger partial charge on any atom is 0.374 e. The van der Waals surface area contributed by atoms with E-state index in [1.807, 2.05) is 0 Å². The summed E-state index contributed by atoms with van der Waals surface area (Å²) in [6.45, 7) is 1.79. The molecule has 128 valence electrons. The first-order valence-electron chi connectivity index (χ1n) is 7.56. The molecule has 0 unspecified atom stereocenters. The molecule has 0 radical (unpaired) electrons. The molecule has 0 aliphatic heterocycles. The van der Waals surface area contributed by atoms with Gasteiger partial charge in [-0.1, -0.05) is 22.0 Å². The number of rotatable bonds is 5. The number of aromatic nitrogens is 1. The maximum absolute atomic E-state index is 12.2. The van der Waals surface area contributed by atoms with Gasteiger partial charge < -0.3 is 13.9 Å². The van der Waals surface area contributed by atoms with E-state index in [4.69, 9.17) is 13.9 Å². The minimum Gasteiger partial charge on any atom is -0.460 e. The van der Waals surface area contributed by atoms with Gasteiger partial charge in [-0.05, 0) is 37.3 Å². The molecule has 1 aromatic carbocycles. The van der Waals surface area contributed by atoms with Crippen LogP contribution in [0.3, 0.4) is 0 Å². The van der Waals surface area contributed by atoms with Crippen molar-refractivity contribution in [2.75, 3.05) is 6.61 Å². The van der Waals surface area contributed by atoms with Crippen LogP contribution >= 0.6 is 15.9 Å². The van der Waals surface area contributed by atoms with Crippen molar-refractivity contribution in [3.05, 3.63) is 64.1 Å². The zero-order valence-corrected chi connectivity index (χ0v) is 14.9. The number of carbonyl (C=O) groups is 2. The average molecular weight is 404 g/mol. The Balaban J connectivity index is 1.93. The van der Waals surface area contributed by atoms with Crippen LogP contribution in [0.2, 0.25) is 0 Å². The molecule has 2 aromatic heterocycles. The van der Waals surface area contributed by atoms with Crippen LogP contribution in [0.1, 0.15) is 33.5 Å². The van der Waals surface area contributed by atoms with Gasteiger partial charge in [0.2, 0.25) is 5.76 Å². The predicted octanol–water partition coefficient (Wildman–Crippen LogP) is 4.12. The summed E-state index contributed by atoms with van der Waals surface area (Å²) in [6, 6.07) is 10.3. The first-order chi connectivity index (χ1) is 12.1. The molecule has 2 heterocycles. The van der Waals surface area contributed by atoms with Gasteiger partial charge >= 0.3 is 11.9 Å². The SMILES string of the molecule is CCOC(=O)c1oc2ccc(Br)cc2c1COC(=O)c1ccccn1. The quantitative estimate of drug-likeness (QED) is 0.596. The van der Waals surface area contributed by atoms with E-state index in [0.717, 1.165) is 4.47 Å². The standard InChI is InChI=1S/C18H14BrNO5/c1-2-23-18(22)16-13(12-9-11(19)6-7-15(12)25-16)10-24-17(21)14-5-3-4-8-20-14/h3-9H,2,10H2,1H3. The third-order valence-electron chi connectivity index (χ3n) is 3.44. The molecule has 0 saturated carbocycles. The second kappa shape index (κ2) is 7.48. The Bertz CT molecular complexity index is 920. The molecule has 0 amide bonds. The van der Waals surface area contributed by atoms with E-state index in [9.17, 15) is 9.59 Å². The molecular weight excluding hydrogens is 390 g/mol. The van der Waals surface area contributed by atoms with Gasteiger partial charge in [0.05, 0.1) is 12.2 Å². The monoisotopic (exact) mass is 403 g/mol. The predicted molar refractivity (Wildman–Crippen MR) is 93.2 cm³/mol. The molecule has 3 rings (SSSR count). The molecule has 3 aromatic rings. The van der Waals surface area contributed by atoms with Crippen LogP contribution in [0.5, 0.6) is 0 Å². The van der Waals surface area contributed by atoms with Gasteiger partial charge in [0.25, 0.3) is 0 Å². The molecule has 0 bridgehead atoms. The van der Waals surface area contributed by atoms with Gasteiger partial charge in [-0.25, -0.2) is 14.6 Å². The Morgan fingerprint density at radius 3 is 2.72 bits per heavy atom. The number of halogens is 1. The summed E-state index contributed by atoms with van der Waals surface area (Å²) >= 11 is 3.38. The van der Waals surface area contributed by atoms with E-state index >= 15 is 0 Å². The van der Waals surface area contributed by atoms with E-state index in [1.165, 1.54) is 6.20 Å². The fourth-order valence-electron chi connectivity index (χ4n) is 2.32. The molecule has 0 spiro atoms. The summed E-state index contributed by atoms with van der Waals surface area (Å²) in [5, 5.41) is 0.672. The third kappa shape index (κ3) is 3.71. The average Bonchev–Trinajstić information content (AvgIpc) is 2.98. The van der Waals surface area contributed by atoms with Gasteiger partial charge in [-0.15, -0.1) is 0 Å². The number of esters is 2. The minimum absolute atomic E-state index is 0.0313. The van der Waals surface area contributed by atoms with Crippen molar-refractivity contribution in [3.63, 3.8) is 0 Å². The zero-order chi connectivity index (χ0) is 17.8. The normalized spacial score (nSPS) is 10.6. The molecule has 0 aliphatic carbocycles. The van der Waals surface area contributed by atoms with Crippen molar-refractivity contribution in [3.8, 4) is 0 Å². The lowest BCUT2D eigenvalue weighted by atomic mass is 10.1. The lowest BCUT2D eigenvalue weighted by Crippen LogP contribution is -2.10. The number of furan rings is 1. The summed E-state index contributed by atoms with van der Waals surface area (Å²) in [6.07, 6.45) is 1.50. The molecule has 0 N–H and O–H groups in total. The van der Waals surface area contributed by atoms with Crippen LogP contribution in [-0.2, 0) is 16.1 Å². The summed E-state index contributed by atoms with van der Waals surface area (Å²) in [7, 11) is 0. The van der Waals surface area contributed by atoms with E-state index in [0.29, 0.717) is 16.5 Å². The van der Waals surface area contributed by atoms with Gasteiger partial charge in [0.15, 0.2) is 0 Å². The topological polar surface area (TPSA) is 78.6 Å². The van der Waals surface area contributed by atoms with E-state index < -0.39 is 11.9 Å². The summed E-state index contributed by atoms with van der Waals surface area (Å²) < 4.78 is 16.7. The van der Waals surface area contributed by atoms with Gasteiger partial charge in [-0.3, -0.25) is 0 Å². The maximum atomic E-state index is 12.2. The highest BCUT2D eigenvalue weighted by molar-refractivity contribution is 9.10. The lowest BCUT2D eigenvalue weighted by molar-refractivity contribution is 0.0431. The fourth-order valence-corrected chi connectivity index (χ4v) is 2.68. The van der Waals surface area contributed by atoms with Gasteiger partial charge in [0, 0.05) is 16.1 Å². The van der Waals surface area contributed by atoms with Crippen LogP contribution in [0, 0.1) is 0 Å². The van der Waals surface area contributed by atoms with Crippen LogP contribution in [0.4, 0.5) is 0 Å². The Hall–Kier alpha value is -2.67. The van der Waals surface area contributed by atoms with Gasteiger partial charge in [-0.2, -0.15) is 0 Å². The van der Waals surface area contributed by atoms with Crippen molar-refractivity contribution in [2.45, 2.75) is 13.5 Å². The molecule has 0 atom stereocenters. The first-order valence-corrected chi connectivity index (χ1v) is 8.35. The second-order valence-electron chi connectivity index (χ2n) is 5.06. The zero-order valence-electron chi connectivity index (χ0n) is 13.3. The highest BCUT2D eigenvalue weighted by Crippen LogP contribution is 2.30. The fraction of sp³-hybridized carbons (Fsp3) is 0.167. The van der Waals surface area contributed by atoms with Crippen molar-refractivity contribution >= 4 is 38.8 Å². The van der Waals surface area contributed by atoms with Crippen LogP contribution in [-0.4, -0.2) is 23.5 Å². The highest BCUT2D eigenvalue weighted by atomic mass is 79.9. The largest absolute Gasteiger partial charge is 0.460 e. The van der Waals surface area contributed by atoms with Crippen molar-refractivity contribution in [1.29, 1.82) is 0 Å². The Morgan fingerprint density at radius 1 is 1.16 bits per heavy atom. The number of nitrogens with zero attached hydrogens (tertiary/aromatic N) is 1. The molecule has 0 saturated heterocycles. The highest BCUT2D eigenvalue weighted by Gasteiger charge is 2.23. The summed E-state index contributed by atoms with van der Waals surface area (Å²) in [5.41, 5.74) is 1.16. The number of hydrogen-bond acceptors (Lipinski definition) is 6. The minimum atomic E-state index is -0.598. The van der Waals surface area contributed by atoms with E-state index in [-0.39, 0.29) is 24.7 Å². The third-order valence-corrected chi connectivity index (χ3v) is 3.93. The van der Waals surface area contributed by atoms with Crippen LogP contribution in [0.15, 0.2) is 51.5 Å². The Kier molecular flexibility index (Phi) is 5.14. The second-order valence-corrected chi connectivity index (χ2v) is 5.98. The van der Waals surface area contributed by atoms with Crippen molar-refractivity contribution in [1.82, 2.24) is 4.98 Å². The van der Waals surface area contributed by atoms with Crippen molar-refractivity contribution in [2.24, 2.45) is 0 Å². The molecular formula is C18H14BrNO5. The summed E-state index contributed by atoms with van der Waals surface area (Å²) in [4.78, 5) is 28.2. The molecule has 7 heteroatoms. The molecule has 6 nitrogen and oxygen atoms in total. The van der Waals surface area contributed by atoms with Crippen molar-refractivity contribution < 1.29 is 23.5 Å². The first kappa shape index (κ1) is 17.2. The molecule has 25 heavy (non-hydrogen) atoms. The van der Waals surface area contributed by atoms with E-state index in [2.05, 4.69) is 20.9 Å². The number of fused-ring (bicyclic) bond motifs is 1. The van der Waals surface area contributed by atoms with Crippen LogP contribution in [0.25, 0.3) is 11.0 Å². The molecule has 0 aliphatic rings. The Labute approximate surface area is 151 Å². The van der Waals surface area contributed by atoms with Crippen LogP contribution < -0.4 is 0 Å².